The van der Waals surface area contributed by atoms with Crippen molar-refractivity contribution in [3.63, 3.8) is 0 Å². The van der Waals surface area contributed by atoms with E-state index in [-0.39, 0.29) is 42.7 Å². The molecule has 2 aromatic rings. The summed E-state index contributed by atoms with van der Waals surface area (Å²) in [7, 11) is -3.65. The molecule has 0 aliphatic heterocycles. The van der Waals surface area contributed by atoms with Crippen LogP contribution in [0, 0.1) is 0 Å². The minimum atomic E-state index is -3.65. The van der Waals surface area contributed by atoms with Gasteiger partial charge in [0, 0.05) is 18.8 Å². The zero-order valence-corrected chi connectivity index (χ0v) is 16.6. The molecular formula is C18H24ClN3O4S. The molecular weight excluding hydrogens is 390 g/mol. The predicted molar refractivity (Wildman–Crippen MR) is 108 cm³/mol. The number of carbonyl (C=O) groups excluding carboxylic acids is 1. The van der Waals surface area contributed by atoms with Crippen molar-refractivity contribution in [2.45, 2.75) is 18.2 Å². The van der Waals surface area contributed by atoms with Crippen molar-refractivity contribution in [1.82, 2.24) is 4.72 Å². The second-order valence-corrected chi connectivity index (χ2v) is 7.28. The molecule has 0 aliphatic carbocycles. The molecule has 4 N–H and O–H groups in total. The lowest BCUT2D eigenvalue weighted by atomic mass is 10.1. The van der Waals surface area contributed by atoms with Crippen molar-refractivity contribution in [3.8, 4) is 5.75 Å². The smallest absolute Gasteiger partial charge is 0.240 e. The van der Waals surface area contributed by atoms with Crippen LogP contribution in [0.1, 0.15) is 12.5 Å². The molecule has 0 heterocycles. The number of nitrogens with two attached hydrogens (primary N) is 1. The summed E-state index contributed by atoms with van der Waals surface area (Å²) in [6.45, 7) is 2.84. The third kappa shape index (κ3) is 7.18. The monoisotopic (exact) mass is 413 g/mol. The molecule has 0 fully saturated rings. The molecule has 27 heavy (non-hydrogen) atoms. The van der Waals surface area contributed by atoms with E-state index in [1.165, 1.54) is 12.1 Å². The van der Waals surface area contributed by atoms with Gasteiger partial charge in [0.05, 0.1) is 17.9 Å². The van der Waals surface area contributed by atoms with E-state index >= 15 is 0 Å². The van der Waals surface area contributed by atoms with Crippen LogP contribution in [0.3, 0.4) is 0 Å². The number of amides is 1. The topological polar surface area (TPSA) is 111 Å². The Hall–Kier alpha value is -2.13. The summed E-state index contributed by atoms with van der Waals surface area (Å²) in [4.78, 5) is 12.3. The van der Waals surface area contributed by atoms with Crippen LogP contribution in [0.4, 0.5) is 5.69 Å². The summed E-state index contributed by atoms with van der Waals surface area (Å²) in [6, 6.07) is 13.3. The molecule has 0 atom stereocenters. The molecule has 0 radical (unpaired) electrons. The maximum atomic E-state index is 12.2. The number of carbonyl (C=O) groups is 1. The summed E-state index contributed by atoms with van der Waals surface area (Å²) in [6.07, 6.45) is 0.175. The Morgan fingerprint density at radius 2 is 1.85 bits per heavy atom. The first-order chi connectivity index (χ1) is 12.4. The molecule has 0 saturated heterocycles. The van der Waals surface area contributed by atoms with Gasteiger partial charge in [0.25, 0.3) is 0 Å². The van der Waals surface area contributed by atoms with Gasteiger partial charge in [-0.3, -0.25) is 4.79 Å². The average Bonchev–Trinajstić information content (AvgIpc) is 2.62. The summed E-state index contributed by atoms with van der Waals surface area (Å²) in [5.74, 6) is 0.512. The van der Waals surface area contributed by atoms with E-state index in [2.05, 4.69) is 10.0 Å². The average molecular weight is 414 g/mol. The molecule has 0 saturated carbocycles. The van der Waals surface area contributed by atoms with E-state index in [1.54, 1.807) is 12.1 Å². The minimum absolute atomic E-state index is 0. The van der Waals surface area contributed by atoms with E-state index in [0.29, 0.717) is 12.3 Å². The van der Waals surface area contributed by atoms with Gasteiger partial charge in [0.2, 0.25) is 15.9 Å². The summed E-state index contributed by atoms with van der Waals surface area (Å²) < 4.78 is 32.0. The fraction of sp³-hybridized carbons (Fsp3) is 0.278. The SMILES string of the molecule is CCOc1ccc(CC(=O)Nc2cccc(S(=O)(=O)NCCN)c2)cc1.Cl. The number of hydrogen-bond donors (Lipinski definition) is 3. The molecule has 0 unspecified atom stereocenters. The van der Waals surface area contributed by atoms with Gasteiger partial charge in [0.15, 0.2) is 0 Å². The van der Waals surface area contributed by atoms with Crippen LogP contribution in [-0.2, 0) is 21.2 Å². The van der Waals surface area contributed by atoms with Crippen LogP contribution in [0.5, 0.6) is 5.75 Å². The highest BCUT2D eigenvalue weighted by Crippen LogP contribution is 2.16. The van der Waals surface area contributed by atoms with Crippen LogP contribution in [0.25, 0.3) is 0 Å². The van der Waals surface area contributed by atoms with Crippen LogP contribution < -0.4 is 20.5 Å². The van der Waals surface area contributed by atoms with Crippen LogP contribution in [-0.4, -0.2) is 34.0 Å². The van der Waals surface area contributed by atoms with Gasteiger partial charge in [0.1, 0.15) is 5.75 Å². The van der Waals surface area contributed by atoms with Gasteiger partial charge in [-0.2, -0.15) is 0 Å². The number of benzene rings is 2. The third-order valence-corrected chi connectivity index (χ3v) is 4.92. The van der Waals surface area contributed by atoms with E-state index in [0.717, 1.165) is 11.3 Å². The normalized spacial score (nSPS) is 10.7. The van der Waals surface area contributed by atoms with Crippen molar-refractivity contribution in [2.75, 3.05) is 25.0 Å². The van der Waals surface area contributed by atoms with Crippen molar-refractivity contribution in [3.05, 3.63) is 54.1 Å². The van der Waals surface area contributed by atoms with Gasteiger partial charge in [-0.15, -0.1) is 12.4 Å². The highest BCUT2D eigenvalue weighted by molar-refractivity contribution is 7.89. The Labute approximate surface area is 165 Å². The lowest BCUT2D eigenvalue weighted by molar-refractivity contribution is -0.115. The van der Waals surface area contributed by atoms with Crippen molar-refractivity contribution < 1.29 is 17.9 Å². The number of ether oxygens (including phenoxy) is 1. The number of anilines is 1. The van der Waals surface area contributed by atoms with E-state index in [1.807, 2.05) is 31.2 Å². The zero-order valence-electron chi connectivity index (χ0n) is 15.0. The van der Waals surface area contributed by atoms with Crippen LogP contribution in [0.2, 0.25) is 0 Å². The number of halogens is 1. The molecule has 0 spiro atoms. The van der Waals surface area contributed by atoms with Crippen LogP contribution >= 0.6 is 12.4 Å². The number of hydrogen-bond acceptors (Lipinski definition) is 5. The molecule has 2 rings (SSSR count). The fourth-order valence-electron chi connectivity index (χ4n) is 2.28. The predicted octanol–water partition coefficient (Wildman–Crippen LogP) is 1.93. The number of nitrogens with one attached hydrogen (secondary N) is 2. The van der Waals surface area contributed by atoms with Gasteiger partial charge in [-0.05, 0) is 42.8 Å². The molecule has 9 heteroatoms. The first kappa shape index (κ1) is 22.9. The molecule has 0 aliphatic rings. The van der Waals surface area contributed by atoms with Crippen molar-refractivity contribution in [2.24, 2.45) is 5.73 Å². The minimum Gasteiger partial charge on any atom is -0.494 e. The Morgan fingerprint density at radius 3 is 2.48 bits per heavy atom. The summed E-state index contributed by atoms with van der Waals surface area (Å²) in [5.41, 5.74) is 6.56. The lowest BCUT2D eigenvalue weighted by Gasteiger charge is -2.09. The van der Waals surface area contributed by atoms with Crippen molar-refractivity contribution >= 4 is 34.0 Å². The Bertz CT molecular complexity index is 842. The summed E-state index contributed by atoms with van der Waals surface area (Å²) >= 11 is 0. The van der Waals surface area contributed by atoms with Gasteiger partial charge in [-0.1, -0.05) is 18.2 Å². The van der Waals surface area contributed by atoms with Gasteiger partial charge in [-0.25, -0.2) is 13.1 Å². The molecule has 0 aromatic heterocycles. The van der Waals surface area contributed by atoms with E-state index in [9.17, 15) is 13.2 Å². The van der Waals surface area contributed by atoms with E-state index < -0.39 is 10.0 Å². The number of sulfonamides is 1. The lowest BCUT2D eigenvalue weighted by Crippen LogP contribution is -2.29. The largest absolute Gasteiger partial charge is 0.494 e. The quantitative estimate of drug-likeness (QED) is 0.581. The third-order valence-electron chi connectivity index (χ3n) is 3.46. The highest BCUT2D eigenvalue weighted by atomic mass is 35.5. The molecule has 1 amide bonds. The summed E-state index contributed by atoms with van der Waals surface area (Å²) in [5, 5.41) is 2.71. The van der Waals surface area contributed by atoms with Gasteiger partial charge >= 0.3 is 0 Å². The standard InChI is InChI=1S/C18H23N3O4S.ClH/c1-2-25-16-8-6-14(7-9-16)12-18(22)21-15-4-3-5-17(13-15)26(23,24)20-11-10-19;/h3-9,13,20H,2,10-12,19H2,1H3,(H,21,22);1H. The molecule has 2 aromatic carbocycles. The molecule has 148 valence electrons. The molecule has 7 nitrogen and oxygen atoms in total. The van der Waals surface area contributed by atoms with Crippen molar-refractivity contribution in [1.29, 1.82) is 0 Å². The maximum absolute atomic E-state index is 12.2. The Morgan fingerprint density at radius 1 is 1.15 bits per heavy atom. The zero-order chi connectivity index (χ0) is 19.0. The Balaban J connectivity index is 0.00000364. The first-order valence-corrected chi connectivity index (χ1v) is 9.74. The number of rotatable bonds is 9. The maximum Gasteiger partial charge on any atom is 0.240 e. The fourth-order valence-corrected chi connectivity index (χ4v) is 3.37. The van der Waals surface area contributed by atoms with Gasteiger partial charge < -0.3 is 15.8 Å². The Kier molecular flexibility index (Phi) is 9.23. The van der Waals surface area contributed by atoms with Crippen LogP contribution in [0.15, 0.2) is 53.4 Å². The molecule has 0 bridgehead atoms. The van der Waals surface area contributed by atoms with E-state index in [4.69, 9.17) is 10.5 Å². The highest BCUT2D eigenvalue weighted by Gasteiger charge is 2.14. The second kappa shape index (κ2) is 10.9. The second-order valence-electron chi connectivity index (χ2n) is 5.52. The first-order valence-electron chi connectivity index (χ1n) is 8.26.